The smallest absolute Gasteiger partial charge is 0.222 e. The van der Waals surface area contributed by atoms with Gasteiger partial charge in [-0.05, 0) is 38.1 Å². The zero-order valence-corrected chi connectivity index (χ0v) is 10.3. The third kappa shape index (κ3) is 4.94. The van der Waals surface area contributed by atoms with Crippen LogP contribution in [0.15, 0.2) is 0 Å². The maximum atomic E-state index is 11.7. The molecule has 1 aliphatic heterocycles. The average molecular weight is 228 g/mol. The summed E-state index contributed by atoms with van der Waals surface area (Å²) in [5, 5.41) is 0. The Morgan fingerprint density at radius 2 is 2.31 bits per heavy atom. The van der Waals surface area contributed by atoms with Crippen LogP contribution >= 0.6 is 0 Å². The molecule has 94 valence electrons. The number of carbonyl (C=O) groups is 1. The molecule has 0 saturated carbocycles. The van der Waals surface area contributed by atoms with Crippen LogP contribution in [0.1, 0.15) is 32.1 Å². The standard InChI is InChI=1S/C12H24N2O2/c1-14(12(15)6-2-3-7-13)9-11-5-4-8-16-10-11/h11H,2-10,13H2,1H3. The lowest BCUT2D eigenvalue weighted by Crippen LogP contribution is -2.35. The van der Waals surface area contributed by atoms with Gasteiger partial charge in [-0.15, -0.1) is 0 Å². The minimum Gasteiger partial charge on any atom is -0.381 e. The molecule has 0 radical (unpaired) electrons. The third-order valence-electron chi connectivity index (χ3n) is 3.06. The minimum absolute atomic E-state index is 0.235. The van der Waals surface area contributed by atoms with Gasteiger partial charge < -0.3 is 15.4 Å². The van der Waals surface area contributed by atoms with Gasteiger partial charge in [0, 0.05) is 26.6 Å². The molecule has 0 aliphatic carbocycles. The Labute approximate surface area is 98.1 Å². The fourth-order valence-electron chi connectivity index (χ4n) is 2.05. The van der Waals surface area contributed by atoms with E-state index in [4.69, 9.17) is 10.5 Å². The second kappa shape index (κ2) is 7.63. The zero-order valence-electron chi connectivity index (χ0n) is 10.3. The Balaban J connectivity index is 2.16. The number of amides is 1. The van der Waals surface area contributed by atoms with Gasteiger partial charge in [0.25, 0.3) is 0 Å². The van der Waals surface area contributed by atoms with Crippen LogP contribution in [0.2, 0.25) is 0 Å². The molecule has 0 aromatic carbocycles. The Morgan fingerprint density at radius 1 is 1.50 bits per heavy atom. The number of nitrogens with zero attached hydrogens (tertiary/aromatic N) is 1. The molecule has 1 rings (SSSR count). The quantitative estimate of drug-likeness (QED) is 0.690. The van der Waals surface area contributed by atoms with Crippen molar-refractivity contribution in [2.45, 2.75) is 32.1 Å². The summed E-state index contributed by atoms with van der Waals surface area (Å²) in [4.78, 5) is 13.6. The van der Waals surface area contributed by atoms with Gasteiger partial charge >= 0.3 is 0 Å². The normalized spacial score (nSPS) is 20.8. The predicted octanol–water partition coefficient (Wildman–Crippen LogP) is 1.00. The van der Waals surface area contributed by atoms with Crippen molar-refractivity contribution in [1.82, 2.24) is 4.90 Å². The highest BCUT2D eigenvalue weighted by Gasteiger charge is 2.18. The molecule has 1 heterocycles. The predicted molar refractivity (Wildman–Crippen MR) is 64.1 cm³/mol. The van der Waals surface area contributed by atoms with Crippen molar-refractivity contribution in [3.63, 3.8) is 0 Å². The lowest BCUT2D eigenvalue weighted by atomic mass is 10.0. The number of unbranched alkanes of at least 4 members (excludes halogenated alkanes) is 1. The summed E-state index contributed by atoms with van der Waals surface area (Å²) in [5.41, 5.74) is 5.40. The van der Waals surface area contributed by atoms with Crippen molar-refractivity contribution in [2.75, 3.05) is 33.4 Å². The number of hydrogen-bond donors (Lipinski definition) is 1. The number of nitrogens with two attached hydrogens (primary N) is 1. The Hall–Kier alpha value is -0.610. The second-order valence-corrected chi connectivity index (χ2v) is 4.60. The minimum atomic E-state index is 0.235. The van der Waals surface area contributed by atoms with E-state index in [1.165, 1.54) is 6.42 Å². The summed E-state index contributed by atoms with van der Waals surface area (Å²) in [6.07, 6.45) is 4.77. The highest BCUT2D eigenvalue weighted by molar-refractivity contribution is 5.75. The molecule has 0 bridgehead atoms. The van der Waals surface area contributed by atoms with Gasteiger partial charge in [-0.3, -0.25) is 4.79 Å². The van der Waals surface area contributed by atoms with E-state index in [-0.39, 0.29) is 5.91 Å². The van der Waals surface area contributed by atoms with E-state index in [0.717, 1.165) is 39.0 Å². The molecule has 1 atom stereocenters. The summed E-state index contributed by atoms with van der Waals surface area (Å²) < 4.78 is 5.41. The van der Waals surface area contributed by atoms with Gasteiger partial charge in [0.05, 0.1) is 6.61 Å². The highest BCUT2D eigenvalue weighted by atomic mass is 16.5. The van der Waals surface area contributed by atoms with Crippen molar-refractivity contribution in [2.24, 2.45) is 11.7 Å². The summed E-state index contributed by atoms with van der Waals surface area (Å²) in [6, 6.07) is 0. The molecule has 1 saturated heterocycles. The van der Waals surface area contributed by atoms with E-state index in [0.29, 0.717) is 18.9 Å². The highest BCUT2D eigenvalue weighted by Crippen LogP contribution is 2.14. The number of rotatable bonds is 6. The fraction of sp³-hybridized carbons (Fsp3) is 0.917. The summed E-state index contributed by atoms with van der Waals surface area (Å²) in [7, 11) is 1.89. The van der Waals surface area contributed by atoms with Crippen LogP contribution in [0.3, 0.4) is 0 Å². The molecule has 1 unspecified atom stereocenters. The molecule has 1 fully saturated rings. The van der Waals surface area contributed by atoms with E-state index in [2.05, 4.69) is 0 Å². The van der Waals surface area contributed by atoms with Gasteiger partial charge in [0.1, 0.15) is 0 Å². The molecule has 0 aromatic heterocycles. The molecule has 2 N–H and O–H groups in total. The monoisotopic (exact) mass is 228 g/mol. The summed E-state index contributed by atoms with van der Waals surface area (Å²) >= 11 is 0. The molecule has 1 aliphatic rings. The Bertz CT molecular complexity index is 203. The van der Waals surface area contributed by atoms with Crippen molar-refractivity contribution >= 4 is 5.91 Å². The molecule has 16 heavy (non-hydrogen) atoms. The van der Waals surface area contributed by atoms with Crippen LogP contribution in [0.25, 0.3) is 0 Å². The van der Waals surface area contributed by atoms with Gasteiger partial charge in [-0.2, -0.15) is 0 Å². The number of carbonyl (C=O) groups excluding carboxylic acids is 1. The van der Waals surface area contributed by atoms with Crippen LogP contribution in [0.5, 0.6) is 0 Å². The fourth-order valence-corrected chi connectivity index (χ4v) is 2.05. The maximum Gasteiger partial charge on any atom is 0.222 e. The van der Waals surface area contributed by atoms with Crippen LogP contribution in [-0.2, 0) is 9.53 Å². The number of hydrogen-bond acceptors (Lipinski definition) is 3. The van der Waals surface area contributed by atoms with E-state index in [1.54, 1.807) is 0 Å². The molecule has 1 amide bonds. The second-order valence-electron chi connectivity index (χ2n) is 4.60. The van der Waals surface area contributed by atoms with Gasteiger partial charge in [0.2, 0.25) is 5.91 Å². The maximum absolute atomic E-state index is 11.7. The largest absolute Gasteiger partial charge is 0.381 e. The van der Waals surface area contributed by atoms with E-state index >= 15 is 0 Å². The van der Waals surface area contributed by atoms with Crippen molar-refractivity contribution < 1.29 is 9.53 Å². The average Bonchev–Trinajstić information content (AvgIpc) is 2.30. The van der Waals surface area contributed by atoms with E-state index < -0.39 is 0 Å². The first kappa shape index (κ1) is 13.5. The lowest BCUT2D eigenvalue weighted by Gasteiger charge is -2.27. The van der Waals surface area contributed by atoms with Crippen LogP contribution in [0.4, 0.5) is 0 Å². The molecular weight excluding hydrogens is 204 g/mol. The topological polar surface area (TPSA) is 55.6 Å². The van der Waals surface area contributed by atoms with Crippen LogP contribution < -0.4 is 5.73 Å². The van der Waals surface area contributed by atoms with Gasteiger partial charge in [-0.25, -0.2) is 0 Å². The van der Waals surface area contributed by atoms with Crippen LogP contribution in [-0.4, -0.2) is 44.2 Å². The molecule has 0 aromatic rings. The Morgan fingerprint density at radius 3 is 2.94 bits per heavy atom. The summed E-state index contributed by atoms with van der Waals surface area (Å²) in [6.45, 7) is 3.19. The van der Waals surface area contributed by atoms with Crippen molar-refractivity contribution in [1.29, 1.82) is 0 Å². The van der Waals surface area contributed by atoms with E-state index in [9.17, 15) is 4.79 Å². The lowest BCUT2D eigenvalue weighted by molar-refractivity contribution is -0.131. The van der Waals surface area contributed by atoms with E-state index in [1.807, 2.05) is 11.9 Å². The molecule has 4 heteroatoms. The summed E-state index contributed by atoms with van der Waals surface area (Å²) in [5.74, 6) is 0.760. The zero-order chi connectivity index (χ0) is 11.8. The van der Waals surface area contributed by atoms with Crippen LogP contribution in [0, 0.1) is 5.92 Å². The van der Waals surface area contributed by atoms with Crippen molar-refractivity contribution in [3.8, 4) is 0 Å². The molecule has 4 nitrogen and oxygen atoms in total. The third-order valence-corrected chi connectivity index (χ3v) is 3.06. The number of ether oxygens (including phenoxy) is 1. The van der Waals surface area contributed by atoms with Gasteiger partial charge in [0.15, 0.2) is 0 Å². The van der Waals surface area contributed by atoms with Gasteiger partial charge in [-0.1, -0.05) is 0 Å². The van der Waals surface area contributed by atoms with Crippen molar-refractivity contribution in [3.05, 3.63) is 0 Å². The molecule has 0 spiro atoms. The first-order valence-corrected chi connectivity index (χ1v) is 6.26. The molecular formula is C12H24N2O2. The first-order valence-electron chi connectivity index (χ1n) is 6.26. The Kier molecular flexibility index (Phi) is 6.42. The SMILES string of the molecule is CN(CC1CCCOC1)C(=O)CCCCN. The first-order chi connectivity index (χ1) is 7.74.